The van der Waals surface area contributed by atoms with Crippen molar-refractivity contribution in [3.8, 4) is 0 Å². The highest BCUT2D eigenvalue weighted by molar-refractivity contribution is 9.10. The average Bonchev–Trinajstić information content (AvgIpc) is 3.22. The first-order chi connectivity index (χ1) is 27.3. The van der Waals surface area contributed by atoms with Crippen LogP contribution < -0.4 is 11.5 Å². The number of nitrogens with two attached hydrogens (primary N) is 2. The van der Waals surface area contributed by atoms with Gasteiger partial charge in [0.05, 0.1) is 25.3 Å². The van der Waals surface area contributed by atoms with E-state index >= 15 is 0 Å². The van der Waals surface area contributed by atoms with Crippen LogP contribution in [-0.2, 0) is 41.8 Å². The van der Waals surface area contributed by atoms with Crippen molar-refractivity contribution in [2.24, 2.45) is 11.5 Å². The molecule has 286 valence electrons. The van der Waals surface area contributed by atoms with Crippen LogP contribution in [-0.4, -0.2) is 36.6 Å². The molecule has 4 atom stereocenters. The lowest BCUT2D eigenvalue weighted by Crippen LogP contribution is -2.48. The third-order valence-corrected chi connectivity index (χ3v) is 10.2. The number of hydrogen-bond donors (Lipinski definition) is 2. The van der Waals surface area contributed by atoms with E-state index in [1.807, 2.05) is 170 Å². The maximum atomic E-state index is 13.9. The van der Waals surface area contributed by atoms with Crippen molar-refractivity contribution in [3.63, 3.8) is 0 Å². The second-order valence-corrected chi connectivity index (χ2v) is 15.0. The molecule has 0 heterocycles. The molecule has 0 saturated heterocycles. The molecule has 0 spiro atoms. The standard InChI is InChI=1S/C46H42Br2N2O6/c47-37-25-13-15-31(27-37)29-53-45(41(49)39(33-17-5-1-6-18-33)34-19-7-2-8-20-34)55-43(51)44(52)56-46(54-30-32-16-14-26-38(48)28-32)42(50)40(35-21-9-3-10-22-35)36-23-11-4-12-24-36/h1-28,39-42,45-46H,29-30,49-50H2. The van der Waals surface area contributed by atoms with E-state index in [9.17, 15) is 9.59 Å². The molecular formula is C46H42Br2N2O6. The Morgan fingerprint density at radius 3 is 1.04 bits per heavy atom. The molecule has 0 aliphatic carbocycles. The molecule has 4 N–H and O–H groups in total. The summed E-state index contributed by atoms with van der Waals surface area (Å²) in [6.45, 7) is 0.0744. The van der Waals surface area contributed by atoms with Crippen molar-refractivity contribution >= 4 is 43.8 Å². The summed E-state index contributed by atoms with van der Waals surface area (Å²) in [5.41, 5.74) is 19.1. The Kier molecular flexibility index (Phi) is 14.8. The topological polar surface area (TPSA) is 123 Å². The minimum atomic E-state index is -1.38. The van der Waals surface area contributed by atoms with Crippen LogP contribution in [0.3, 0.4) is 0 Å². The molecule has 6 aromatic carbocycles. The van der Waals surface area contributed by atoms with E-state index in [-0.39, 0.29) is 13.2 Å². The smallest absolute Gasteiger partial charge is 0.419 e. The van der Waals surface area contributed by atoms with Gasteiger partial charge >= 0.3 is 11.9 Å². The normalized spacial score (nSPS) is 13.5. The zero-order valence-corrected chi connectivity index (χ0v) is 33.6. The Labute approximate surface area is 344 Å². The molecular weight excluding hydrogens is 836 g/mol. The summed E-state index contributed by atoms with van der Waals surface area (Å²) in [4.78, 5) is 27.7. The van der Waals surface area contributed by atoms with E-state index in [0.717, 1.165) is 42.3 Å². The van der Waals surface area contributed by atoms with Crippen molar-refractivity contribution in [1.29, 1.82) is 0 Å². The number of carbonyl (C=O) groups excluding carboxylic acids is 2. The fourth-order valence-corrected chi connectivity index (χ4v) is 7.49. The summed E-state index contributed by atoms with van der Waals surface area (Å²) in [6.07, 6.45) is -2.76. The molecule has 4 unspecified atom stereocenters. The fourth-order valence-electron chi connectivity index (χ4n) is 6.59. The molecule has 0 aromatic heterocycles. The summed E-state index contributed by atoms with van der Waals surface area (Å²) in [5.74, 6) is -3.56. The van der Waals surface area contributed by atoms with Gasteiger partial charge in [0.15, 0.2) is 0 Å². The summed E-state index contributed by atoms with van der Waals surface area (Å²) in [5, 5.41) is 0. The van der Waals surface area contributed by atoms with Crippen LogP contribution in [0.2, 0.25) is 0 Å². The van der Waals surface area contributed by atoms with Gasteiger partial charge in [-0.3, -0.25) is 0 Å². The van der Waals surface area contributed by atoms with Crippen LogP contribution in [0.25, 0.3) is 0 Å². The number of hydrogen-bond acceptors (Lipinski definition) is 8. The van der Waals surface area contributed by atoms with Gasteiger partial charge in [-0.05, 0) is 57.6 Å². The van der Waals surface area contributed by atoms with E-state index in [4.69, 9.17) is 30.4 Å². The zero-order valence-electron chi connectivity index (χ0n) is 30.4. The summed E-state index contributed by atoms with van der Waals surface area (Å²) in [7, 11) is 0. The Balaban J connectivity index is 1.29. The lowest BCUT2D eigenvalue weighted by atomic mass is 9.85. The summed E-state index contributed by atoms with van der Waals surface area (Å²) in [6, 6.07) is 51.7. The van der Waals surface area contributed by atoms with Crippen molar-refractivity contribution < 1.29 is 28.5 Å². The molecule has 0 aliphatic heterocycles. The molecule has 10 heteroatoms. The van der Waals surface area contributed by atoms with Crippen LogP contribution in [0.4, 0.5) is 0 Å². The lowest BCUT2D eigenvalue weighted by molar-refractivity contribution is -0.211. The Morgan fingerprint density at radius 1 is 0.446 bits per heavy atom. The predicted molar refractivity (Wildman–Crippen MR) is 223 cm³/mol. The van der Waals surface area contributed by atoms with E-state index in [1.54, 1.807) is 0 Å². The number of esters is 2. The lowest BCUT2D eigenvalue weighted by Gasteiger charge is -2.32. The van der Waals surface area contributed by atoms with Crippen molar-refractivity contribution in [3.05, 3.63) is 212 Å². The van der Waals surface area contributed by atoms with Crippen LogP contribution in [0, 0.1) is 0 Å². The summed E-state index contributed by atoms with van der Waals surface area (Å²) >= 11 is 6.99. The van der Waals surface area contributed by atoms with E-state index in [0.29, 0.717) is 0 Å². The monoisotopic (exact) mass is 876 g/mol. The SMILES string of the molecule is NC(C(OCc1cccc(Br)c1)OC(=O)C(=O)OC(OCc1cccc(Br)c1)C(N)C(c1ccccc1)c1ccccc1)C(c1ccccc1)c1ccccc1. The maximum absolute atomic E-state index is 13.9. The molecule has 0 aliphatic rings. The first kappa shape index (κ1) is 40.7. The molecule has 0 saturated carbocycles. The second-order valence-electron chi connectivity index (χ2n) is 13.2. The fraction of sp³-hybridized carbons (Fsp3) is 0.174. The van der Waals surface area contributed by atoms with Crippen LogP contribution in [0.1, 0.15) is 45.2 Å². The highest BCUT2D eigenvalue weighted by Gasteiger charge is 2.38. The van der Waals surface area contributed by atoms with E-state index < -0.39 is 48.4 Å². The number of rotatable bonds is 16. The third kappa shape index (κ3) is 11.1. The van der Waals surface area contributed by atoms with Gasteiger partial charge in [0, 0.05) is 20.8 Å². The average molecular weight is 879 g/mol. The zero-order chi connectivity index (χ0) is 39.3. The number of carbonyl (C=O) groups is 2. The van der Waals surface area contributed by atoms with E-state index in [2.05, 4.69) is 31.9 Å². The van der Waals surface area contributed by atoms with E-state index in [1.165, 1.54) is 0 Å². The third-order valence-electron chi connectivity index (χ3n) is 9.25. The van der Waals surface area contributed by atoms with Crippen LogP contribution in [0.5, 0.6) is 0 Å². The molecule has 0 fully saturated rings. The van der Waals surface area contributed by atoms with Gasteiger partial charge in [0.2, 0.25) is 12.6 Å². The highest BCUT2D eigenvalue weighted by Crippen LogP contribution is 2.32. The molecule has 8 nitrogen and oxygen atoms in total. The molecule has 56 heavy (non-hydrogen) atoms. The van der Waals surface area contributed by atoms with Gasteiger partial charge < -0.3 is 30.4 Å². The molecule has 0 bridgehead atoms. The highest BCUT2D eigenvalue weighted by atomic mass is 79.9. The molecule has 0 amide bonds. The minimum Gasteiger partial charge on any atom is -0.426 e. The Morgan fingerprint density at radius 2 is 0.750 bits per heavy atom. The van der Waals surface area contributed by atoms with Gasteiger partial charge in [-0.15, -0.1) is 0 Å². The van der Waals surface area contributed by atoms with Crippen molar-refractivity contribution in [2.45, 2.75) is 49.7 Å². The maximum Gasteiger partial charge on any atom is 0.419 e. The predicted octanol–water partition coefficient (Wildman–Crippen LogP) is 9.00. The molecule has 0 radical (unpaired) electrons. The first-order valence-electron chi connectivity index (χ1n) is 18.1. The number of ether oxygens (including phenoxy) is 4. The van der Waals surface area contributed by atoms with Gasteiger partial charge in [-0.25, -0.2) is 9.59 Å². The van der Waals surface area contributed by atoms with Crippen molar-refractivity contribution in [1.82, 2.24) is 0 Å². The molecule has 6 aromatic rings. The second kappa shape index (κ2) is 20.3. The van der Waals surface area contributed by atoms with Gasteiger partial charge in [0.25, 0.3) is 0 Å². The summed E-state index contributed by atoms with van der Waals surface area (Å²) < 4.78 is 25.9. The van der Waals surface area contributed by atoms with Crippen LogP contribution in [0.15, 0.2) is 179 Å². The Bertz CT molecular complexity index is 1910. The Hall–Kier alpha value is -4.94. The van der Waals surface area contributed by atoms with Gasteiger partial charge in [-0.2, -0.15) is 0 Å². The minimum absolute atomic E-state index is 0.0372. The largest absolute Gasteiger partial charge is 0.426 e. The number of benzene rings is 6. The van der Waals surface area contributed by atoms with Gasteiger partial charge in [0.1, 0.15) is 0 Å². The quantitative estimate of drug-likeness (QED) is 0.0562. The van der Waals surface area contributed by atoms with Gasteiger partial charge in [-0.1, -0.05) is 177 Å². The van der Waals surface area contributed by atoms with Crippen LogP contribution >= 0.6 is 31.9 Å². The van der Waals surface area contributed by atoms with Crippen molar-refractivity contribution in [2.75, 3.05) is 0 Å². The number of halogens is 2. The first-order valence-corrected chi connectivity index (χ1v) is 19.7. The molecule has 6 rings (SSSR count).